The molecule has 9 nitrogen and oxygen atoms in total. The number of nitrogens with one attached hydrogen (secondary N) is 3. The Bertz CT molecular complexity index is 2260. The van der Waals surface area contributed by atoms with E-state index in [0.717, 1.165) is 20.5 Å². The Hall–Kier alpha value is -6.04. The van der Waals surface area contributed by atoms with Gasteiger partial charge in [-0.2, -0.15) is 0 Å². The molecule has 0 bridgehead atoms. The van der Waals surface area contributed by atoms with Crippen molar-refractivity contribution in [2.75, 3.05) is 23.8 Å². The van der Waals surface area contributed by atoms with Crippen LogP contribution in [0, 0.1) is 0 Å². The van der Waals surface area contributed by atoms with Crippen molar-refractivity contribution in [3.8, 4) is 22.8 Å². The Morgan fingerprint density at radius 2 is 1.38 bits per heavy atom. The first-order valence-electron chi connectivity index (χ1n) is 16.7. The van der Waals surface area contributed by atoms with Crippen LogP contribution < -0.4 is 25.4 Å². The number of furan rings is 1. The predicted molar refractivity (Wildman–Crippen MR) is 210 cm³/mol. The van der Waals surface area contributed by atoms with Crippen molar-refractivity contribution in [3.05, 3.63) is 167 Å². The van der Waals surface area contributed by atoms with Crippen LogP contribution in [-0.4, -0.2) is 30.9 Å². The fraction of sp³-hybridized carbons (Fsp3) is 0.0714. The van der Waals surface area contributed by atoms with Crippen molar-refractivity contribution in [2.45, 2.75) is 10.1 Å². The van der Waals surface area contributed by atoms with Gasteiger partial charge in [0.2, 0.25) is 5.91 Å². The summed E-state index contributed by atoms with van der Waals surface area (Å²) in [5, 5.41) is 8.06. The number of carbonyl (C=O) groups excluding carboxylic acids is 3. The van der Waals surface area contributed by atoms with Gasteiger partial charge in [0.25, 0.3) is 11.8 Å². The maximum absolute atomic E-state index is 13.7. The minimum absolute atomic E-state index is 0.00559. The van der Waals surface area contributed by atoms with Crippen molar-refractivity contribution in [1.82, 2.24) is 5.32 Å². The first-order valence-corrected chi connectivity index (χ1v) is 18.3. The molecule has 6 aromatic rings. The number of hydrogen-bond donors (Lipinski definition) is 3. The van der Waals surface area contributed by atoms with Crippen molar-refractivity contribution >= 4 is 62.9 Å². The van der Waals surface area contributed by atoms with Gasteiger partial charge in [0.15, 0.2) is 11.5 Å². The number of benzene rings is 5. The van der Waals surface area contributed by atoms with Crippen LogP contribution in [0.4, 0.5) is 11.4 Å². The number of halogens is 1. The SMILES string of the molecule is O=C(Nc1ccc(SC(C(=O)Nc2ccc3c(c2)OCCO3)c2ccccc2)cc1)/C(=C/c1ccc(-c2ccc(Br)cc2)o1)NC(=O)c1ccccc1. The van der Waals surface area contributed by atoms with Crippen LogP contribution in [0.1, 0.15) is 26.9 Å². The molecule has 1 unspecified atom stereocenters. The molecule has 0 radical (unpaired) electrons. The summed E-state index contributed by atoms with van der Waals surface area (Å²) >= 11 is 4.82. The lowest BCUT2D eigenvalue weighted by molar-refractivity contribution is -0.116. The number of anilines is 2. The van der Waals surface area contributed by atoms with Crippen molar-refractivity contribution in [1.29, 1.82) is 0 Å². The zero-order valence-corrected chi connectivity index (χ0v) is 30.5. The molecule has 7 rings (SSSR count). The summed E-state index contributed by atoms with van der Waals surface area (Å²) in [5.74, 6) is 1.03. The van der Waals surface area contributed by atoms with E-state index in [1.165, 1.54) is 17.8 Å². The molecule has 53 heavy (non-hydrogen) atoms. The zero-order chi connectivity index (χ0) is 36.6. The largest absolute Gasteiger partial charge is 0.486 e. The van der Waals surface area contributed by atoms with Gasteiger partial charge in [-0.25, -0.2) is 0 Å². The number of amides is 3. The average molecular weight is 787 g/mol. The lowest BCUT2D eigenvalue weighted by atomic mass is 10.1. The van der Waals surface area contributed by atoms with E-state index in [1.54, 1.807) is 66.7 Å². The molecular weight excluding hydrogens is 754 g/mol. The van der Waals surface area contributed by atoms with Gasteiger partial charge < -0.3 is 29.8 Å². The highest BCUT2D eigenvalue weighted by Gasteiger charge is 2.24. The summed E-state index contributed by atoms with van der Waals surface area (Å²) in [6.45, 7) is 0.928. The van der Waals surface area contributed by atoms with Gasteiger partial charge in [0.1, 0.15) is 35.7 Å². The second-order valence-corrected chi connectivity index (χ2v) is 13.9. The van der Waals surface area contributed by atoms with Gasteiger partial charge in [-0.05, 0) is 78.4 Å². The Morgan fingerprint density at radius 1 is 0.698 bits per heavy atom. The lowest BCUT2D eigenvalue weighted by Crippen LogP contribution is -2.30. The first kappa shape index (κ1) is 35.4. The molecule has 0 aliphatic carbocycles. The average Bonchev–Trinajstić information content (AvgIpc) is 3.66. The molecule has 264 valence electrons. The fourth-order valence-corrected chi connectivity index (χ4v) is 6.75. The zero-order valence-electron chi connectivity index (χ0n) is 28.1. The molecule has 3 N–H and O–H groups in total. The van der Waals surface area contributed by atoms with Gasteiger partial charge in [0, 0.05) is 44.0 Å². The molecule has 0 saturated carbocycles. The van der Waals surface area contributed by atoms with Crippen molar-refractivity contribution in [3.63, 3.8) is 0 Å². The molecule has 11 heteroatoms. The van der Waals surface area contributed by atoms with Crippen LogP contribution in [0.5, 0.6) is 11.5 Å². The topological polar surface area (TPSA) is 119 Å². The molecule has 0 saturated heterocycles. The second-order valence-electron chi connectivity index (χ2n) is 11.8. The van der Waals surface area contributed by atoms with Crippen molar-refractivity contribution in [2.24, 2.45) is 0 Å². The lowest BCUT2D eigenvalue weighted by Gasteiger charge is -2.20. The smallest absolute Gasteiger partial charge is 0.272 e. The highest BCUT2D eigenvalue weighted by Crippen LogP contribution is 2.38. The van der Waals surface area contributed by atoms with Crippen LogP contribution in [-0.2, 0) is 9.59 Å². The molecular formula is C42H32BrN3O6S. The number of fused-ring (bicyclic) bond motifs is 1. The third-order valence-corrected chi connectivity index (χ3v) is 9.88. The van der Waals surface area contributed by atoms with E-state index in [9.17, 15) is 14.4 Å². The summed E-state index contributed by atoms with van der Waals surface area (Å²) in [5.41, 5.74) is 3.17. The van der Waals surface area contributed by atoms with E-state index < -0.39 is 17.1 Å². The van der Waals surface area contributed by atoms with E-state index in [-0.39, 0.29) is 11.6 Å². The van der Waals surface area contributed by atoms with Crippen LogP contribution in [0.2, 0.25) is 0 Å². The van der Waals surface area contributed by atoms with Crippen LogP contribution >= 0.6 is 27.7 Å². The molecule has 1 aromatic heterocycles. The Balaban J connectivity index is 1.08. The summed E-state index contributed by atoms with van der Waals surface area (Å²) < 4.78 is 18.3. The highest BCUT2D eigenvalue weighted by molar-refractivity contribution is 9.10. The monoisotopic (exact) mass is 785 g/mol. The van der Waals surface area contributed by atoms with Gasteiger partial charge in [-0.15, -0.1) is 11.8 Å². The normalized spacial score (nSPS) is 12.7. The Morgan fingerprint density at radius 3 is 2.11 bits per heavy atom. The first-order chi connectivity index (χ1) is 25.9. The van der Waals surface area contributed by atoms with Gasteiger partial charge in [-0.1, -0.05) is 76.6 Å². The van der Waals surface area contributed by atoms with Gasteiger partial charge in [0.05, 0.1) is 0 Å². The standard InChI is InChI=1S/C42H32BrN3O6S/c43-30-13-11-27(12-14-30)36-22-18-33(52-36)26-35(46-40(47)29-9-5-2-6-10-29)41(48)44-31-15-19-34(20-16-31)53-39(28-7-3-1-4-8-28)42(49)45-32-17-21-37-38(25-32)51-24-23-50-37/h1-22,25-26,39H,23-24H2,(H,44,48)(H,45,49)(H,46,47)/b35-26-. The van der Waals surface area contributed by atoms with Gasteiger partial charge >= 0.3 is 0 Å². The van der Waals surface area contributed by atoms with Crippen LogP contribution in [0.25, 0.3) is 17.4 Å². The molecule has 2 heterocycles. The van der Waals surface area contributed by atoms with Gasteiger partial charge in [-0.3, -0.25) is 14.4 Å². The molecule has 0 spiro atoms. The molecule has 1 aliphatic rings. The van der Waals surface area contributed by atoms with E-state index in [4.69, 9.17) is 13.9 Å². The minimum atomic E-state index is -0.580. The van der Waals surface area contributed by atoms with Crippen LogP contribution in [0.15, 0.2) is 159 Å². The summed E-state index contributed by atoms with van der Waals surface area (Å²) in [6, 6.07) is 41.8. The number of carbonyl (C=O) groups is 3. The van der Waals surface area contributed by atoms with E-state index in [1.807, 2.05) is 72.8 Å². The van der Waals surface area contributed by atoms with Crippen LogP contribution in [0.3, 0.4) is 0 Å². The maximum Gasteiger partial charge on any atom is 0.272 e. The van der Waals surface area contributed by atoms with E-state index >= 15 is 0 Å². The third kappa shape index (κ3) is 9.07. The second kappa shape index (κ2) is 16.5. The Kier molecular flexibility index (Phi) is 11.0. The third-order valence-electron chi connectivity index (χ3n) is 8.09. The maximum atomic E-state index is 13.7. The number of rotatable bonds is 11. The number of thioether (sulfide) groups is 1. The minimum Gasteiger partial charge on any atom is -0.486 e. The summed E-state index contributed by atoms with van der Waals surface area (Å²) in [6.07, 6.45) is 1.49. The predicted octanol–water partition coefficient (Wildman–Crippen LogP) is 9.36. The van der Waals surface area contributed by atoms with E-state index in [0.29, 0.717) is 53.2 Å². The summed E-state index contributed by atoms with van der Waals surface area (Å²) in [4.78, 5) is 41.3. The number of hydrogen-bond acceptors (Lipinski definition) is 7. The highest BCUT2D eigenvalue weighted by atomic mass is 79.9. The molecule has 1 aliphatic heterocycles. The molecule has 5 aromatic carbocycles. The Labute approximate surface area is 318 Å². The number of ether oxygens (including phenoxy) is 2. The molecule has 3 amide bonds. The summed E-state index contributed by atoms with van der Waals surface area (Å²) in [7, 11) is 0. The quantitative estimate of drug-likeness (QED) is 0.0885. The molecule has 0 fully saturated rings. The van der Waals surface area contributed by atoms with E-state index in [2.05, 4.69) is 31.9 Å². The molecule has 1 atom stereocenters. The van der Waals surface area contributed by atoms with Crippen molar-refractivity contribution < 1.29 is 28.3 Å². The fourth-order valence-electron chi connectivity index (χ4n) is 5.47.